The second-order valence-electron chi connectivity index (χ2n) is 6.06. The van der Waals surface area contributed by atoms with Gasteiger partial charge in [0, 0.05) is 33.0 Å². The molecule has 20 heavy (non-hydrogen) atoms. The molecule has 0 fully saturated rings. The third-order valence-electron chi connectivity index (χ3n) is 2.59. The molecule has 2 amide bonds. The van der Waals surface area contributed by atoms with Crippen LogP contribution in [0.5, 0.6) is 0 Å². The van der Waals surface area contributed by atoms with E-state index < -0.39 is 10.8 Å². The van der Waals surface area contributed by atoms with Gasteiger partial charge in [0.25, 0.3) is 0 Å². The number of urea groups is 1. The predicted octanol–water partition coefficient (Wildman–Crippen LogP) is 3.26. The van der Waals surface area contributed by atoms with Crippen molar-refractivity contribution in [1.29, 1.82) is 0 Å². The van der Waals surface area contributed by atoms with Gasteiger partial charge in [-0.25, -0.2) is 4.79 Å². The molecule has 5 heteroatoms. The molecule has 0 saturated heterocycles. The Kier molecular flexibility index (Phi) is 5.74. The van der Waals surface area contributed by atoms with Crippen LogP contribution in [0.15, 0.2) is 24.3 Å². The van der Waals surface area contributed by atoms with E-state index in [1.165, 1.54) is 0 Å². The topological polar surface area (TPSA) is 58.2 Å². The van der Waals surface area contributed by atoms with Crippen LogP contribution in [-0.4, -0.2) is 21.0 Å². The van der Waals surface area contributed by atoms with Gasteiger partial charge in [-0.05, 0) is 52.3 Å². The quantitative estimate of drug-likeness (QED) is 0.896. The van der Waals surface area contributed by atoms with Crippen LogP contribution in [0.25, 0.3) is 0 Å². The smallest absolute Gasteiger partial charge is 0.319 e. The Morgan fingerprint density at radius 2 is 1.95 bits per heavy atom. The maximum absolute atomic E-state index is 12.1. The van der Waals surface area contributed by atoms with Crippen molar-refractivity contribution in [2.75, 3.05) is 5.32 Å². The van der Waals surface area contributed by atoms with Crippen molar-refractivity contribution in [3.8, 4) is 0 Å². The second kappa shape index (κ2) is 6.88. The number of hydrogen-bond donors (Lipinski definition) is 2. The zero-order valence-corrected chi connectivity index (χ0v) is 13.6. The number of anilines is 1. The molecule has 0 spiro atoms. The van der Waals surface area contributed by atoms with Crippen molar-refractivity contribution in [2.24, 2.45) is 0 Å². The number of rotatable bonds is 4. The van der Waals surface area contributed by atoms with Crippen LogP contribution >= 0.6 is 0 Å². The molecule has 1 aromatic rings. The molecule has 0 heterocycles. The predicted molar refractivity (Wildman–Crippen MR) is 85.3 cm³/mol. The largest absolute Gasteiger partial charge is 0.336 e. The normalized spacial score (nSPS) is 13.1. The molecule has 2 N–H and O–H groups in total. The Morgan fingerprint density at radius 1 is 1.30 bits per heavy atom. The number of benzene rings is 1. The summed E-state index contributed by atoms with van der Waals surface area (Å²) in [5, 5.41) is 5.54. The van der Waals surface area contributed by atoms with Crippen molar-refractivity contribution in [2.45, 2.75) is 51.2 Å². The first kappa shape index (κ1) is 16.7. The Labute approximate surface area is 123 Å². The van der Waals surface area contributed by atoms with Crippen LogP contribution < -0.4 is 10.6 Å². The van der Waals surface area contributed by atoms with Crippen LogP contribution in [0.1, 0.15) is 40.2 Å². The number of carbonyl (C=O) groups is 1. The lowest BCUT2D eigenvalue weighted by molar-refractivity contribution is 0.250. The van der Waals surface area contributed by atoms with E-state index in [0.717, 1.165) is 5.56 Å². The third kappa shape index (κ3) is 5.74. The first-order valence-corrected chi connectivity index (χ1v) is 8.05. The molecule has 0 aliphatic heterocycles. The van der Waals surface area contributed by atoms with Gasteiger partial charge in [-0.1, -0.05) is 12.1 Å². The van der Waals surface area contributed by atoms with E-state index >= 15 is 0 Å². The zero-order chi connectivity index (χ0) is 15.3. The van der Waals surface area contributed by atoms with Gasteiger partial charge in [0.1, 0.15) is 0 Å². The maximum Gasteiger partial charge on any atom is 0.319 e. The Morgan fingerprint density at radius 3 is 2.50 bits per heavy atom. The molecule has 1 rings (SSSR count). The molecule has 1 aromatic carbocycles. The Balaban J connectivity index is 2.71. The van der Waals surface area contributed by atoms with Crippen molar-refractivity contribution in [3.63, 3.8) is 0 Å². The number of nitrogens with one attached hydrogen (secondary N) is 2. The molecule has 0 saturated carbocycles. The fourth-order valence-electron chi connectivity index (χ4n) is 1.54. The minimum absolute atomic E-state index is 0.0894. The van der Waals surface area contributed by atoms with E-state index in [0.29, 0.717) is 11.4 Å². The fraction of sp³-hybridized carbons (Fsp3) is 0.533. The average Bonchev–Trinajstić information content (AvgIpc) is 2.26. The summed E-state index contributed by atoms with van der Waals surface area (Å²) in [6.07, 6.45) is 0. The second-order valence-corrected chi connectivity index (χ2v) is 8.26. The molecule has 112 valence electrons. The molecule has 0 aromatic heterocycles. The maximum atomic E-state index is 12.1. The summed E-state index contributed by atoms with van der Waals surface area (Å²) in [5.74, 6) is 0.491. The molecular formula is C15H24N2O2S. The fourth-order valence-corrected chi connectivity index (χ4v) is 2.45. The van der Waals surface area contributed by atoms with E-state index in [2.05, 4.69) is 10.6 Å². The van der Waals surface area contributed by atoms with Crippen molar-refractivity contribution < 1.29 is 9.00 Å². The standard InChI is InChI=1S/C15H24N2O2S/c1-11(2)16-14(18)17-13-8-6-7-12(9-13)10-20(19)15(3,4)5/h6-9,11H,10H2,1-5H3,(H2,16,17,18). The minimum Gasteiger partial charge on any atom is -0.336 e. The highest BCUT2D eigenvalue weighted by Gasteiger charge is 2.19. The van der Waals surface area contributed by atoms with Crippen molar-refractivity contribution in [1.82, 2.24) is 5.32 Å². The van der Waals surface area contributed by atoms with Gasteiger partial charge in [0.15, 0.2) is 0 Å². The summed E-state index contributed by atoms with van der Waals surface area (Å²) in [6, 6.07) is 7.34. The summed E-state index contributed by atoms with van der Waals surface area (Å²) >= 11 is 0. The van der Waals surface area contributed by atoms with E-state index in [4.69, 9.17) is 0 Å². The van der Waals surface area contributed by atoms with Gasteiger partial charge in [0.2, 0.25) is 0 Å². The van der Waals surface area contributed by atoms with Crippen LogP contribution in [0, 0.1) is 0 Å². The molecule has 0 radical (unpaired) electrons. The van der Waals surface area contributed by atoms with E-state index in [-0.39, 0.29) is 16.8 Å². The highest BCUT2D eigenvalue weighted by Crippen LogP contribution is 2.18. The van der Waals surface area contributed by atoms with E-state index in [9.17, 15) is 9.00 Å². The van der Waals surface area contributed by atoms with Crippen LogP contribution in [-0.2, 0) is 16.6 Å². The highest BCUT2D eigenvalue weighted by atomic mass is 32.2. The van der Waals surface area contributed by atoms with Crippen LogP contribution in [0.3, 0.4) is 0 Å². The molecule has 1 unspecified atom stereocenters. The van der Waals surface area contributed by atoms with Crippen molar-refractivity contribution in [3.05, 3.63) is 29.8 Å². The minimum atomic E-state index is -0.947. The molecule has 0 aliphatic carbocycles. The zero-order valence-electron chi connectivity index (χ0n) is 12.8. The van der Waals surface area contributed by atoms with Gasteiger partial charge in [0.05, 0.1) is 0 Å². The number of hydrogen-bond acceptors (Lipinski definition) is 2. The lowest BCUT2D eigenvalue weighted by Gasteiger charge is -2.18. The lowest BCUT2D eigenvalue weighted by Crippen LogP contribution is -2.34. The van der Waals surface area contributed by atoms with Gasteiger partial charge in [-0.3, -0.25) is 4.21 Å². The average molecular weight is 296 g/mol. The SMILES string of the molecule is CC(C)NC(=O)Nc1cccc(CS(=O)C(C)(C)C)c1. The monoisotopic (exact) mass is 296 g/mol. The lowest BCUT2D eigenvalue weighted by atomic mass is 10.2. The molecule has 1 atom stereocenters. The van der Waals surface area contributed by atoms with Crippen LogP contribution in [0.2, 0.25) is 0 Å². The van der Waals surface area contributed by atoms with E-state index in [1.807, 2.05) is 58.9 Å². The summed E-state index contributed by atoms with van der Waals surface area (Å²) in [7, 11) is -0.947. The van der Waals surface area contributed by atoms with Gasteiger partial charge < -0.3 is 10.6 Å². The molecule has 4 nitrogen and oxygen atoms in total. The third-order valence-corrected chi connectivity index (χ3v) is 4.55. The van der Waals surface area contributed by atoms with Crippen molar-refractivity contribution >= 4 is 22.5 Å². The van der Waals surface area contributed by atoms with Crippen LogP contribution in [0.4, 0.5) is 10.5 Å². The summed E-state index contributed by atoms with van der Waals surface area (Å²) in [5.41, 5.74) is 1.67. The first-order valence-electron chi connectivity index (χ1n) is 6.73. The van der Waals surface area contributed by atoms with Gasteiger partial charge in [-0.15, -0.1) is 0 Å². The summed E-state index contributed by atoms with van der Waals surface area (Å²) in [6.45, 7) is 9.69. The Hall–Kier alpha value is -1.36. The Bertz CT molecular complexity index is 493. The van der Waals surface area contributed by atoms with Gasteiger partial charge in [-0.2, -0.15) is 0 Å². The molecular weight excluding hydrogens is 272 g/mol. The number of amides is 2. The first-order chi connectivity index (χ1) is 9.18. The molecule has 0 bridgehead atoms. The summed E-state index contributed by atoms with van der Waals surface area (Å²) in [4.78, 5) is 11.6. The highest BCUT2D eigenvalue weighted by molar-refractivity contribution is 7.85. The van der Waals surface area contributed by atoms with E-state index in [1.54, 1.807) is 0 Å². The van der Waals surface area contributed by atoms with Gasteiger partial charge >= 0.3 is 6.03 Å². The number of carbonyl (C=O) groups excluding carboxylic acids is 1. The molecule has 0 aliphatic rings. The summed E-state index contributed by atoms with van der Waals surface area (Å²) < 4.78 is 11.9.